The van der Waals surface area contributed by atoms with Crippen LogP contribution in [0.1, 0.15) is 30.3 Å². The summed E-state index contributed by atoms with van der Waals surface area (Å²) in [6, 6.07) is 11.1. The van der Waals surface area contributed by atoms with Crippen LogP contribution in [0.4, 0.5) is 0 Å². The normalized spacial score (nSPS) is 15.0. The molecule has 1 aromatic carbocycles. The lowest BCUT2D eigenvalue weighted by molar-refractivity contribution is 0.574. The Kier molecular flexibility index (Phi) is 3.62. The van der Waals surface area contributed by atoms with Crippen LogP contribution in [0, 0.1) is 6.92 Å². The molecule has 0 atom stereocenters. The van der Waals surface area contributed by atoms with Crippen LogP contribution >= 0.6 is 0 Å². The van der Waals surface area contributed by atoms with Gasteiger partial charge in [-0.25, -0.2) is 23.1 Å². The number of hydrogen-bond acceptors (Lipinski definition) is 4. The number of benzene rings is 1. The lowest BCUT2D eigenvalue weighted by Gasteiger charge is -2.10. The van der Waals surface area contributed by atoms with E-state index in [9.17, 15) is 8.42 Å². The van der Waals surface area contributed by atoms with Crippen LogP contribution < -0.4 is 4.72 Å². The minimum atomic E-state index is -3.57. The van der Waals surface area contributed by atoms with Gasteiger partial charge in [0.2, 0.25) is 10.0 Å². The maximum Gasteiger partial charge on any atom is 0.241 e. The van der Waals surface area contributed by atoms with Crippen LogP contribution in [0.15, 0.2) is 47.5 Å². The Morgan fingerprint density at radius 2 is 2.00 bits per heavy atom. The van der Waals surface area contributed by atoms with E-state index < -0.39 is 10.0 Å². The molecule has 1 aliphatic carbocycles. The summed E-state index contributed by atoms with van der Waals surface area (Å²) in [7, 11) is -3.57. The molecule has 0 saturated heterocycles. The second-order valence-corrected chi connectivity index (χ2v) is 7.80. The third-order valence-corrected chi connectivity index (χ3v) is 5.80. The average Bonchev–Trinajstić information content (AvgIpc) is 3.33. The predicted molar refractivity (Wildman–Crippen MR) is 91.0 cm³/mol. The van der Waals surface area contributed by atoms with Crippen LogP contribution in [0.25, 0.3) is 11.2 Å². The molecular weight excluding hydrogens is 324 g/mol. The Hall–Kier alpha value is -2.25. The second kappa shape index (κ2) is 5.68. The van der Waals surface area contributed by atoms with Crippen molar-refractivity contribution in [3.63, 3.8) is 0 Å². The van der Waals surface area contributed by atoms with Gasteiger partial charge >= 0.3 is 0 Å². The van der Waals surface area contributed by atoms with Crippen LogP contribution in [0.5, 0.6) is 0 Å². The van der Waals surface area contributed by atoms with Crippen molar-refractivity contribution in [1.82, 2.24) is 19.3 Å². The molecule has 0 aliphatic heterocycles. The Morgan fingerprint density at radius 1 is 1.21 bits per heavy atom. The first kappa shape index (κ1) is 15.3. The highest BCUT2D eigenvalue weighted by atomic mass is 32.2. The number of nitrogens with one attached hydrogen (secondary N) is 1. The molecule has 1 saturated carbocycles. The van der Waals surface area contributed by atoms with Gasteiger partial charge < -0.3 is 4.57 Å². The first-order chi connectivity index (χ1) is 11.6. The molecule has 0 amide bonds. The molecule has 1 aliphatic rings. The minimum absolute atomic E-state index is 0.156. The fraction of sp³-hybridized carbons (Fsp3) is 0.294. The van der Waals surface area contributed by atoms with Crippen molar-refractivity contribution >= 4 is 21.2 Å². The third kappa shape index (κ3) is 2.70. The monoisotopic (exact) mass is 342 g/mol. The Bertz CT molecular complexity index is 1010. The molecule has 1 N–H and O–H groups in total. The van der Waals surface area contributed by atoms with Crippen molar-refractivity contribution in [3.8, 4) is 0 Å². The Labute approximate surface area is 140 Å². The molecule has 0 radical (unpaired) electrons. The van der Waals surface area contributed by atoms with Crippen molar-refractivity contribution in [2.75, 3.05) is 0 Å². The number of sulfonamides is 1. The van der Waals surface area contributed by atoms with E-state index in [2.05, 4.69) is 19.3 Å². The lowest BCUT2D eigenvalue weighted by Crippen LogP contribution is -2.25. The standard InChI is InChI=1S/C17H18N4O2S/c1-12-5-2-3-7-15(12)24(22,23)19-11-16-20-14-6-4-10-18-17(14)21(16)13-8-9-13/h2-7,10,13,19H,8-9,11H2,1H3. The van der Waals surface area contributed by atoms with E-state index in [1.54, 1.807) is 31.3 Å². The molecular formula is C17H18N4O2S. The number of aryl methyl sites for hydroxylation is 1. The zero-order chi connectivity index (χ0) is 16.7. The van der Waals surface area contributed by atoms with Gasteiger partial charge in [-0.05, 0) is 43.5 Å². The first-order valence-electron chi connectivity index (χ1n) is 7.93. The number of hydrogen-bond donors (Lipinski definition) is 1. The SMILES string of the molecule is Cc1ccccc1S(=O)(=O)NCc1nc2cccnc2n1C1CC1. The molecule has 3 aromatic rings. The molecule has 2 aromatic heterocycles. The van der Waals surface area contributed by atoms with Gasteiger partial charge in [-0.2, -0.15) is 0 Å². The van der Waals surface area contributed by atoms with E-state index in [1.807, 2.05) is 18.2 Å². The fourth-order valence-corrected chi connectivity index (χ4v) is 4.14. The van der Waals surface area contributed by atoms with E-state index in [0.29, 0.717) is 16.8 Å². The van der Waals surface area contributed by atoms with E-state index in [4.69, 9.17) is 0 Å². The smallest absolute Gasteiger partial charge is 0.241 e. The zero-order valence-electron chi connectivity index (χ0n) is 13.3. The van der Waals surface area contributed by atoms with Crippen molar-refractivity contribution in [2.45, 2.75) is 37.2 Å². The number of pyridine rings is 1. The van der Waals surface area contributed by atoms with Gasteiger partial charge in [0.1, 0.15) is 11.3 Å². The second-order valence-electron chi connectivity index (χ2n) is 6.07. The summed E-state index contributed by atoms with van der Waals surface area (Å²) in [4.78, 5) is 9.27. The molecule has 0 spiro atoms. The molecule has 0 bridgehead atoms. The lowest BCUT2D eigenvalue weighted by atomic mass is 10.2. The summed E-state index contributed by atoms with van der Waals surface area (Å²) in [5, 5.41) is 0. The van der Waals surface area contributed by atoms with Crippen molar-refractivity contribution in [1.29, 1.82) is 0 Å². The average molecular weight is 342 g/mol. The molecule has 24 heavy (non-hydrogen) atoms. The van der Waals surface area contributed by atoms with Crippen molar-refractivity contribution < 1.29 is 8.42 Å². The molecule has 6 nitrogen and oxygen atoms in total. The predicted octanol–water partition coefficient (Wildman–Crippen LogP) is 2.55. The summed E-state index contributed by atoms with van der Waals surface area (Å²) in [5.41, 5.74) is 2.35. The number of rotatable bonds is 5. The number of aromatic nitrogens is 3. The Balaban J connectivity index is 1.66. The summed E-state index contributed by atoms with van der Waals surface area (Å²) in [6.45, 7) is 1.95. The zero-order valence-corrected chi connectivity index (χ0v) is 14.1. The summed E-state index contributed by atoms with van der Waals surface area (Å²) < 4.78 is 29.9. The van der Waals surface area contributed by atoms with Gasteiger partial charge in [0, 0.05) is 12.2 Å². The maximum atomic E-state index is 12.6. The highest BCUT2D eigenvalue weighted by Crippen LogP contribution is 2.38. The Morgan fingerprint density at radius 3 is 2.75 bits per heavy atom. The fourth-order valence-electron chi connectivity index (χ4n) is 2.91. The van der Waals surface area contributed by atoms with Crippen LogP contribution in [0.3, 0.4) is 0 Å². The van der Waals surface area contributed by atoms with Gasteiger partial charge in [0.25, 0.3) is 0 Å². The van der Waals surface area contributed by atoms with Crippen LogP contribution in [0.2, 0.25) is 0 Å². The van der Waals surface area contributed by atoms with Crippen LogP contribution in [-0.4, -0.2) is 23.0 Å². The topological polar surface area (TPSA) is 76.9 Å². The summed E-state index contributed by atoms with van der Waals surface area (Å²) in [6.07, 6.45) is 3.91. The van der Waals surface area contributed by atoms with Crippen molar-refractivity contribution in [2.24, 2.45) is 0 Å². The molecule has 0 unspecified atom stereocenters. The van der Waals surface area contributed by atoms with Gasteiger partial charge in [-0.3, -0.25) is 0 Å². The molecule has 124 valence electrons. The minimum Gasteiger partial charge on any atom is -0.308 e. The summed E-state index contributed by atoms with van der Waals surface area (Å²) >= 11 is 0. The summed E-state index contributed by atoms with van der Waals surface area (Å²) in [5.74, 6) is 0.711. The third-order valence-electron chi connectivity index (χ3n) is 4.24. The van der Waals surface area contributed by atoms with E-state index in [0.717, 1.165) is 29.6 Å². The molecule has 1 fully saturated rings. The maximum absolute atomic E-state index is 12.6. The number of nitrogens with zero attached hydrogens (tertiary/aromatic N) is 3. The quantitative estimate of drug-likeness (QED) is 0.773. The van der Waals surface area contributed by atoms with Gasteiger partial charge in [0.15, 0.2) is 5.65 Å². The first-order valence-corrected chi connectivity index (χ1v) is 9.42. The van der Waals surface area contributed by atoms with Crippen LogP contribution in [-0.2, 0) is 16.6 Å². The molecule has 4 rings (SSSR count). The molecule has 7 heteroatoms. The number of imidazole rings is 1. The van der Waals surface area contributed by atoms with E-state index in [1.165, 1.54) is 0 Å². The van der Waals surface area contributed by atoms with Gasteiger partial charge in [0.05, 0.1) is 11.4 Å². The van der Waals surface area contributed by atoms with E-state index in [-0.39, 0.29) is 6.54 Å². The largest absolute Gasteiger partial charge is 0.308 e. The van der Waals surface area contributed by atoms with E-state index >= 15 is 0 Å². The molecule has 2 heterocycles. The van der Waals surface area contributed by atoms with Gasteiger partial charge in [-0.1, -0.05) is 18.2 Å². The van der Waals surface area contributed by atoms with Crippen molar-refractivity contribution in [3.05, 3.63) is 54.0 Å². The highest BCUT2D eigenvalue weighted by molar-refractivity contribution is 7.89. The number of fused-ring (bicyclic) bond motifs is 1. The highest BCUT2D eigenvalue weighted by Gasteiger charge is 2.29. The van der Waals surface area contributed by atoms with Gasteiger partial charge in [-0.15, -0.1) is 0 Å².